The van der Waals surface area contributed by atoms with Crippen molar-refractivity contribution >= 4 is 12.0 Å². The normalized spacial score (nSPS) is 43.5. The summed E-state index contributed by atoms with van der Waals surface area (Å²) < 4.78 is 5.59. The van der Waals surface area contributed by atoms with Crippen molar-refractivity contribution < 1.29 is 4.18 Å². The number of fused-ring (bicyclic) bond motifs is 2. The lowest BCUT2D eigenvalue weighted by Gasteiger charge is -2.30. The van der Waals surface area contributed by atoms with Crippen LogP contribution in [0.3, 0.4) is 0 Å². The van der Waals surface area contributed by atoms with Crippen molar-refractivity contribution in [2.75, 3.05) is 0 Å². The Morgan fingerprint density at radius 1 is 1.31 bits per heavy atom. The van der Waals surface area contributed by atoms with Gasteiger partial charge in [-0.2, -0.15) is 0 Å². The second-order valence-electron chi connectivity index (χ2n) is 4.45. The maximum absolute atomic E-state index is 5.89. The highest BCUT2D eigenvalue weighted by Crippen LogP contribution is 2.49. The maximum Gasteiger partial charge on any atom is 0.0969 e. The van der Waals surface area contributed by atoms with Crippen LogP contribution in [0.2, 0.25) is 0 Å². The van der Waals surface area contributed by atoms with Crippen LogP contribution in [0.1, 0.15) is 32.1 Å². The summed E-state index contributed by atoms with van der Waals surface area (Å²) in [5.41, 5.74) is 7.30. The van der Waals surface area contributed by atoms with E-state index in [1.165, 1.54) is 49.7 Å². The van der Waals surface area contributed by atoms with E-state index in [1.54, 1.807) is 0 Å². The Balaban J connectivity index is 1.85. The molecule has 1 heterocycles. The predicted octanol–water partition coefficient (Wildman–Crippen LogP) is 2.41. The molecule has 0 aromatic rings. The van der Waals surface area contributed by atoms with Crippen LogP contribution in [-0.2, 0) is 4.18 Å². The minimum atomic E-state index is 0.365. The fourth-order valence-electron chi connectivity index (χ4n) is 3.04. The van der Waals surface area contributed by atoms with Gasteiger partial charge in [-0.25, -0.2) is 0 Å². The summed E-state index contributed by atoms with van der Waals surface area (Å²) in [4.78, 5) is 0. The highest BCUT2D eigenvalue weighted by atomic mass is 32.2. The zero-order valence-electron chi connectivity index (χ0n) is 7.66. The van der Waals surface area contributed by atoms with Gasteiger partial charge in [-0.05, 0) is 36.7 Å². The van der Waals surface area contributed by atoms with Crippen molar-refractivity contribution in [3.63, 3.8) is 0 Å². The molecular weight excluding hydrogens is 182 g/mol. The van der Waals surface area contributed by atoms with E-state index >= 15 is 0 Å². The highest BCUT2D eigenvalue weighted by molar-refractivity contribution is 7.98. The monoisotopic (exact) mass is 197 g/mol. The van der Waals surface area contributed by atoms with Crippen LogP contribution in [0.25, 0.3) is 0 Å². The molecule has 0 aromatic carbocycles. The van der Waals surface area contributed by atoms with E-state index in [0.29, 0.717) is 6.10 Å². The molecule has 13 heavy (non-hydrogen) atoms. The molecule has 2 N–H and O–H groups in total. The van der Waals surface area contributed by atoms with Crippen molar-refractivity contribution in [2.45, 2.75) is 38.2 Å². The van der Waals surface area contributed by atoms with Gasteiger partial charge >= 0.3 is 0 Å². The van der Waals surface area contributed by atoms with Crippen molar-refractivity contribution in [2.24, 2.45) is 17.6 Å². The largest absolute Gasteiger partial charge is 0.392 e. The first-order chi connectivity index (χ1) is 6.34. The van der Waals surface area contributed by atoms with Crippen LogP contribution < -0.4 is 5.73 Å². The fourth-order valence-corrected chi connectivity index (χ4v) is 3.78. The van der Waals surface area contributed by atoms with E-state index in [4.69, 9.17) is 9.92 Å². The molecule has 0 radical (unpaired) electrons. The van der Waals surface area contributed by atoms with Crippen LogP contribution in [0.5, 0.6) is 0 Å². The van der Waals surface area contributed by atoms with E-state index in [2.05, 4.69) is 0 Å². The third kappa shape index (κ3) is 1.21. The van der Waals surface area contributed by atoms with Gasteiger partial charge in [-0.1, -0.05) is 12.8 Å². The molecule has 0 amide bonds. The lowest BCUT2D eigenvalue weighted by atomic mass is 9.78. The van der Waals surface area contributed by atoms with Crippen LogP contribution >= 0.6 is 12.0 Å². The van der Waals surface area contributed by atoms with Crippen molar-refractivity contribution in [1.82, 2.24) is 0 Å². The Bertz CT molecular complexity index is 264. The molecule has 2 aliphatic carbocycles. The molecule has 2 nitrogen and oxygen atoms in total. The minimum absolute atomic E-state index is 0.365. The van der Waals surface area contributed by atoms with E-state index in [0.717, 1.165) is 16.9 Å². The fraction of sp³-hybridized carbons (Fsp3) is 0.800. The second-order valence-corrected chi connectivity index (χ2v) is 5.25. The first-order valence-electron chi connectivity index (χ1n) is 5.16. The van der Waals surface area contributed by atoms with Gasteiger partial charge in [0.2, 0.25) is 0 Å². The summed E-state index contributed by atoms with van der Waals surface area (Å²) in [7, 11) is 0. The van der Waals surface area contributed by atoms with Gasteiger partial charge in [0, 0.05) is 12.0 Å². The van der Waals surface area contributed by atoms with Gasteiger partial charge in [0.1, 0.15) is 0 Å². The van der Waals surface area contributed by atoms with Crippen LogP contribution in [0, 0.1) is 11.8 Å². The zero-order valence-corrected chi connectivity index (χ0v) is 8.48. The third-order valence-corrected chi connectivity index (χ3v) is 4.54. The average molecular weight is 197 g/mol. The quantitative estimate of drug-likeness (QED) is 0.606. The predicted molar refractivity (Wildman–Crippen MR) is 53.7 cm³/mol. The molecule has 2 fully saturated rings. The van der Waals surface area contributed by atoms with Gasteiger partial charge in [-0.3, -0.25) is 0 Å². The van der Waals surface area contributed by atoms with Gasteiger partial charge < -0.3 is 9.92 Å². The molecule has 2 saturated carbocycles. The third-order valence-electron chi connectivity index (χ3n) is 3.77. The second kappa shape index (κ2) is 2.92. The summed E-state index contributed by atoms with van der Waals surface area (Å²) in [5, 5.41) is 0.954. The Morgan fingerprint density at radius 2 is 2.15 bits per heavy atom. The maximum atomic E-state index is 5.89. The lowest BCUT2D eigenvalue weighted by Crippen LogP contribution is -2.26. The number of hydrogen-bond donors (Lipinski definition) is 1. The molecule has 1 aliphatic heterocycles. The molecule has 0 aromatic heterocycles. The van der Waals surface area contributed by atoms with E-state index in [1.807, 2.05) is 0 Å². The Hall–Kier alpha value is -0.150. The molecule has 3 aliphatic rings. The minimum Gasteiger partial charge on any atom is -0.392 e. The lowest BCUT2D eigenvalue weighted by molar-refractivity contribution is 0.179. The molecule has 3 unspecified atom stereocenters. The SMILES string of the molecule is NC1=C2CC3CCCC3CC2OS1. The van der Waals surface area contributed by atoms with Gasteiger partial charge in [0.25, 0.3) is 0 Å². The highest BCUT2D eigenvalue weighted by Gasteiger charge is 2.40. The van der Waals surface area contributed by atoms with Crippen LogP contribution in [0.15, 0.2) is 10.6 Å². The van der Waals surface area contributed by atoms with Gasteiger partial charge in [0.05, 0.1) is 11.1 Å². The number of nitrogens with two attached hydrogens (primary N) is 1. The standard InChI is InChI=1S/C10H15NOS/c11-10-8-4-6-2-1-3-7(6)5-9(8)12-13-10/h6-7,9H,1-5,11H2. The summed E-state index contributed by atoms with van der Waals surface area (Å²) in [6.07, 6.45) is 7.06. The van der Waals surface area contributed by atoms with Gasteiger partial charge in [0.15, 0.2) is 0 Å². The summed E-state index contributed by atoms with van der Waals surface area (Å²) in [5.74, 6) is 1.85. The first-order valence-corrected chi connectivity index (χ1v) is 5.90. The molecule has 3 rings (SSSR count). The smallest absolute Gasteiger partial charge is 0.0969 e. The number of hydrogen-bond acceptors (Lipinski definition) is 3. The summed E-state index contributed by atoms with van der Waals surface area (Å²) >= 11 is 1.40. The molecule has 3 atom stereocenters. The molecule has 0 saturated heterocycles. The van der Waals surface area contributed by atoms with Gasteiger partial charge in [-0.15, -0.1) is 0 Å². The van der Waals surface area contributed by atoms with Crippen LogP contribution in [0.4, 0.5) is 0 Å². The Kier molecular flexibility index (Phi) is 1.84. The summed E-state index contributed by atoms with van der Waals surface area (Å²) in [6.45, 7) is 0. The molecule has 72 valence electrons. The zero-order chi connectivity index (χ0) is 8.84. The topological polar surface area (TPSA) is 35.2 Å². The van der Waals surface area contributed by atoms with Crippen molar-refractivity contribution in [3.8, 4) is 0 Å². The van der Waals surface area contributed by atoms with E-state index in [-0.39, 0.29) is 0 Å². The van der Waals surface area contributed by atoms with Crippen molar-refractivity contribution in [3.05, 3.63) is 10.6 Å². The molecule has 0 bridgehead atoms. The van der Waals surface area contributed by atoms with E-state index in [9.17, 15) is 0 Å². The molecule has 0 spiro atoms. The van der Waals surface area contributed by atoms with Crippen LogP contribution in [-0.4, -0.2) is 6.10 Å². The first kappa shape index (κ1) is 8.18. The van der Waals surface area contributed by atoms with Crippen molar-refractivity contribution in [1.29, 1.82) is 0 Å². The summed E-state index contributed by atoms with van der Waals surface area (Å²) in [6, 6.07) is 0. The average Bonchev–Trinajstić information content (AvgIpc) is 2.70. The molecule has 3 heteroatoms. The molecular formula is C10H15NOS. The Labute approximate surface area is 83.1 Å². The Morgan fingerprint density at radius 3 is 3.08 bits per heavy atom. The van der Waals surface area contributed by atoms with E-state index < -0.39 is 0 Å². The number of rotatable bonds is 0.